The summed E-state index contributed by atoms with van der Waals surface area (Å²) in [6.07, 6.45) is 2.20. The summed E-state index contributed by atoms with van der Waals surface area (Å²) in [6, 6.07) is 4.38. The molecule has 0 saturated heterocycles. The number of rotatable bonds is 3. The Hall–Kier alpha value is -0.730. The maximum absolute atomic E-state index is 6.23. The van der Waals surface area contributed by atoms with Crippen molar-refractivity contribution in [3.63, 3.8) is 0 Å². The van der Waals surface area contributed by atoms with Crippen LogP contribution in [-0.4, -0.2) is 12.1 Å². The zero-order valence-corrected chi connectivity index (χ0v) is 11.4. The Morgan fingerprint density at radius 1 is 1.35 bits per heavy atom. The van der Waals surface area contributed by atoms with Crippen LogP contribution in [0.1, 0.15) is 43.7 Å². The molecule has 1 aromatic carbocycles. The Kier molecular flexibility index (Phi) is 3.64. The number of hydrogen-bond acceptors (Lipinski definition) is 2. The van der Waals surface area contributed by atoms with E-state index in [2.05, 4.69) is 19.9 Å². The molecule has 1 aliphatic carbocycles. The normalized spacial score (nSPS) is 23.6. The fourth-order valence-electron chi connectivity index (χ4n) is 2.12. The summed E-state index contributed by atoms with van der Waals surface area (Å²) in [4.78, 5) is 0. The van der Waals surface area contributed by atoms with Crippen molar-refractivity contribution in [2.75, 3.05) is 0 Å². The van der Waals surface area contributed by atoms with Crippen molar-refractivity contribution in [1.82, 2.24) is 0 Å². The van der Waals surface area contributed by atoms with Crippen LogP contribution in [0.2, 0.25) is 5.02 Å². The Morgan fingerprint density at radius 2 is 2.00 bits per heavy atom. The molecular weight excluding hydrogens is 234 g/mol. The van der Waals surface area contributed by atoms with Gasteiger partial charge in [-0.05, 0) is 48.9 Å². The summed E-state index contributed by atoms with van der Waals surface area (Å²) in [5.41, 5.74) is 8.01. The topological polar surface area (TPSA) is 35.2 Å². The van der Waals surface area contributed by atoms with Gasteiger partial charge in [0.05, 0.1) is 0 Å². The lowest BCUT2D eigenvalue weighted by atomic mass is 9.90. The van der Waals surface area contributed by atoms with Crippen LogP contribution in [0.15, 0.2) is 12.1 Å². The first-order valence-corrected chi connectivity index (χ1v) is 6.57. The first-order chi connectivity index (χ1) is 7.97. The molecule has 1 fully saturated rings. The molecule has 1 saturated carbocycles. The molecule has 0 heterocycles. The summed E-state index contributed by atoms with van der Waals surface area (Å²) < 4.78 is 5.96. The van der Waals surface area contributed by atoms with Crippen LogP contribution in [0, 0.1) is 6.92 Å². The molecule has 2 N–H and O–H groups in total. The molecule has 2 nitrogen and oxygen atoms in total. The summed E-state index contributed by atoms with van der Waals surface area (Å²) in [5, 5.41) is 0.829. The quantitative estimate of drug-likeness (QED) is 0.893. The van der Waals surface area contributed by atoms with Crippen LogP contribution in [0.4, 0.5) is 0 Å². The molecule has 2 rings (SSSR count). The largest absolute Gasteiger partial charge is 0.490 e. The van der Waals surface area contributed by atoms with E-state index in [4.69, 9.17) is 22.1 Å². The van der Waals surface area contributed by atoms with Crippen molar-refractivity contribution in [2.24, 2.45) is 5.73 Å². The molecule has 1 aliphatic rings. The van der Waals surface area contributed by atoms with Gasteiger partial charge in [0.15, 0.2) is 0 Å². The standard InChI is InChI=1S/C14H20ClNO/c1-8(2)12-7-14(9(3)4-13(12)15)17-11-5-10(16)6-11/h4,7-8,10-11H,5-6,16H2,1-3H3. The lowest BCUT2D eigenvalue weighted by Gasteiger charge is -2.33. The van der Waals surface area contributed by atoms with E-state index in [0.29, 0.717) is 12.0 Å². The van der Waals surface area contributed by atoms with Gasteiger partial charge in [0.1, 0.15) is 11.9 Å². The molecule has 0 radical (unpaired) electrons. The van der Waals surface area contributed by atoms with E-state index in [0.717, 1.165) is 34.7 Å². The monoisotopic (exact) mass is 253 g/mol. The second-order valence-corrected chi connectivity index (χ2v) is 5.67. The number of halogens is 1. The van der Waals surface area contributed by atoms with Crippen molar-refractivity contribution in [3.8, 4) is 5.75 Å². The van der Waals surface area contributed by atoms with Gasteiger partial charge >= 0.3 is 0 Å². The lowest BCUT2D eigenvalue weighted by Crippen LogP contribution is -2.43. The molecule has 1 aromatic rings. The van der Waals surface area contributed by atoms with E-state index in [1.54, 1.807) is 0 Å². The average molecular weight is 254 g/mol. The van der Waals surface area contributed by atoms with Crippen molar-refractivity contribution < 1.29 is 4.74 Å². The number of benzene rings is 1. The smallest absolute Gasteiger partial charge is 0.123 e. The molecule has 0 amide bonds. The number of hydrogen-bond donors (Lipinski definition) is 1. The molecule has 0 spiro atoms. The van der Waals surface area contributed by atoms with Gasteiger partial charge in [-0.3, -0.25) is 0 Å². The zero-order chi connectivity index (χ0) is 12.6. The first kappa shape index (κ1) is 12.7. The van der Waals surface area contributed by atoms with Gasteiger partial charge in [0.25, 0.3) is 0 Å². The molecule has 94 valence electrons. The van der Waals surface area contributed by atoms with Gasteiger partial charge in [-0.25, -0.2) is 0 Å². The van der Waals surface area contributed by atoms with Crippen LogP contribution in [0.3, 0.4) is 0 Å². The summed E-state index contributed by atoms with van der Waals surface area (Å²) in [6.45, 7) is 6.31. The highest BCUT2D eigenvalue weighted by molar-refractivity contribution is 6.31. The number of nitrogens with two attached hydrogens (primary N) is 1. The van der Waals surface area contributed by atoms with Gasteiger partial charge in [-0.1, -0.05) is 25.4 Å². The summed E-state index contributed by atoms with van der Waals surface area (Å²) >= 11 is 6.23. The fraction of sp³-hybridized carbons (Fsp3) is 0.571. The maximum atomic E-state index is 6.23. The molecule has 0 aromatic heterocycles. The van der Waals surface area contributed by atoms with Crippen molar-refractivity contribution >= 4 is 11.6 Å². The van der Waals surface area contributed by atoms with Crippen LogP contribution in [0.5, 0.6) is 5.75 Å². The molecular formula is C14H20ClNO. The third-order valence-corrected chi connectivity index (χ3v) is 3.67. The second-order valence-electron chi connectivity index (χ2n) is 5.27. The zero-order valence-electron chi connectivity index (χ0n) is 10.7. The van der Waals surface area contributed by atoms with E-state index in [-0.39, 0.29) is 6.10 Å². The highest BCUT2D eigenvalue weighted by Crippen LogP contribution is 2.33. The predicted molar refractivity (Wildman–Crippen MR) is 71.9 cm³/mol. The Labute approximate surface area is 108 Å². The number of aryl methyl sites for hydroxylation is 1. The molecule has 0 atom stereocenters. The minimum atomic E-state index is 0.282. The van der Waals surface area contributed by atoms with Gasteiger partial charge in [0, 0.05) is 11.1 Å². The van der Waals surface area contributed by atoms with Crippen LogP contribution in [-0.2, 0) is 0 Å². The van der Waals surface area contributed by atoms with E-state index in [9.17, 15) is 0 Å². The molecule has 3 heteroatoms. The molecule has 0 aliphatic heterocycles. The Balaban J connectivity index is 2.18. The summed E-state index contributed by atoms with van der Waals surface area (Å²) in [5.74, 6) is 1.36. The van der Waals surface area contributed by atoms with Gasteiger partial charge < -0.3 is 10.5 Å². The van der Waals surface area contributed by atoms with Crippen LogP contribution in [0.25, 0.3) is 0 Å². The Bertz CT molecular complexity index is 411. The van der Waals surface area contributed by atoms with Crippen LogP contribution >= 0.6 is 11.6 Å². The van der Waals surface area contributed by atoms with Crippen molar-refractivity contribution in [2.45, 2.75) is 51.7 Å². The second kappa shape index (κ2) is 4.87. The van der Waals surface area contributed by atoms with E-state index in [1.807, 2.05) is 13.0 Å². The van der Waals surface area contributed by atoms with Gasteiger partial charge in [-0.15, -0.1) is 0 Å². The minimum absolute atomic E-state index is 0.282. The van der Waals surface area contributed by atoms with Crippen LogP contribution < -0.4 is 10.5 Å². The fourth-order valence-corrected chi connectivity index (χ4v) is 2.56. The van der Waals surface area contributed by atoms with E-state index in [1.165, 1.54) is 0 Å². The summed E-state index contributed by atoms with van der Waals surface area (Å²) in [7, 11) is 0. The molecule has 0 unspecified atom stereocenters. The van der Waals surface area contributed by atoms with Gasteiger partial charge in [-0.2, -0.15) is 0 Å². The highest BCUT2D eigenvalue weighted by Gasteiger charge is 2.28. The first-order valence-electron chi connectivity index (χ1n) is 6.19. The third kappa shape index (κ3) is 2.75. The van der Waals surface area contributed by atoms with Crippen molar-refractivity contribution in [1.29, 1.82) is 0 Å². The Morgan fingerprint density at radius 3 is 2.53 bits per heavy atom. The lowest BCUT2D eigenvalue weighted by molar-refractivity contribution is 0.1000. The highest BCUT2D eigenvalue weighted by atomic mass is 35.5. The molecule has 17 heavy (non-hydrogen) atoms. The van der Waals surface area contributed by atoms with E-state index < -0.39 is 0 Å². The number of ether oxygens (including phenoxy) is 1. The molecule has 0 bridgehead atoms. The van der Waals surface area contributed by atoms with Crippen molar-refractivity contribution in [3.05, 3.63) is 28.3 Å². The predicted octanol–water partition coefficient (Wildman–Crippen LogP) is 3.64. The van der Waals surface area contributed by atoms with E-state index >= 15 is 0 Å². The van der Waals surface area contributed by atoms with Gasteiger partial charge in [0.2, 0.25) is 0 Å². The maximum Gasteiger partial charge on any atom is 0.123 e. The SMILES string of the molecule is Cc1cc(Cl)c(C(C)C)cc1OC1CC(N)C1. The third-order valence-electron chi connectivity index (χ3n) is 3.34. The average Bonchev–Trinajstić information content (AvgIpc) is 2.18. The minimum Gasteiger partial charge on any atom is -0.490 e.